The third kappa shape index (κ3) is 3.32. The van der Waals surface area contributed by atoms with Crippen LogP contribution >= 0.6 is 15.9 Å². The van der Waals surface area contributed by atoms with E-state index in [2.05, 4.69) is 20.7 Å². The number of rotatable bonds is 3. The van der Waals surface area contributed by atoms with Gasteiger partial charge in [-0.2, -0.15) is 0 Å². The molecule has 0 saturated heterocycles. The molecule has 0 atom stereocenters. The molecule has 78 valence electrons. The molecule has 0 aliphatic heterocycles. The van der Waals surface area contributed by atoms with Gasteiger partial charge < -0.3 is 4.74 Å². The Hall–Kier alpha value is -1.42. The van der Waals surface area contributed by atoms with Gasteiger partial charge in [0.1, 0.15) is 0 Å². The summed E-state index contributed by atoms with van der Waals surface area (Å²) in [7, 11) is 1.26. The van der Waals surface area contributed by atoms with Crippen molar-refractivity contribution in [3.63, 3.8) is 0 Å². The fourth-order valence-corrected chi connectivity index (χ4v) is 1.44. The second-order valence-electron chi connectivity index (χ2n) is 2.70. The molecule has 0 bridgehead atoms. The molecule has 1 aromatic carbocycles. The first kappa shape index (κ1) is 11.7. The van der Waals surface area contributed by atoms with Gasteiger partial charge in [-0.3, -0.25) is 4.79 Å². The summed E-state index contributed by atoms with van der Waals surface area (Å²) >= 11 is 3.25. The number of ketones is 1. The fourth-order valence-electron chi connectivity index (χ4n) is 0.963. The molecule has 0 fully saturated rings. The number of methoxy groups -OCH3 is 1. The van der Waals surface area contributed by atoms with Crippen molar-refractivity contribution in [3.8, 4) is 0 Å². The quantitative estimate of drug-likeness (QED) is 0.480. The standard InChI is InChI=1S/C11H9BrO3/c1-15-11(14)7-6-10(13)8-4-2-3-5-9(8)12/h2-7H,1H3/b7-6-. The van der Waals surface area contributed by atoms with Gasteiger partial charge in [0.25, 0.3) is 0 Å². The van der Waals surface area contributed by atoms with Crippen molar-refractivity contribution >= 4 is 27.7 Å². The van der Waals surface area contributed by atoms with E-state index in [1.165, 1.54) is 13.2 Å². The van der Waals surface area contributed by atoms with E-state index in [0.29, 0.717) is 10.0 Å². The largest absolute Gasteiger partial charge is 0.466 e. The molecule has 4 heteroatoms. The summed E-state index contributed by atoms with van der Waals surface area (Å²) < 4.78 is 5.08. The maximum atomic E-state index is 11.6. The van der Waals surface area contributed by atoms with Gasteiger partial charge in [-0.05, 0) is 18.2 Å². The van der Waals surface area contributed by atoms with Crippen LogP contribution in [0.5, 0.6) is 0 Å². The Morgan fingerprint density at radius 3 is 2.53 bits per heavy atom. The number of benzene rings is 1. The highest BCUT2D eigenvalue weighted by molar-refractivity contribution is 9.10. The second kappa shape index (κ2) is 5.46. The van der Waals surface area contributed by atoms with Crippen LogP contribution in [0.25, 0.3) is 0 Å². The van der Waals surface area contributed by atoms with Crippen molar-refractivity contribution in [2.24, 2.45) is 0 Å². The van der Waals surface area contributed by atoms with Crippen molar-refractivity contribution in [2.75, 3.05) is 7.11 Å². The first-order chi connectivity index (χ1) is 7.15. The molecule has 1 rings (SSSR count). The zero-order chi connectivity index (χ0) is 11.3. The van der Waals surface area contributed by atoms with E-state index in [9.17, 15) is 9.59 Å². The molecule has 0 saturated carbocycles. The average molecular weight is 269 g/mol. The van der Waals surface area contributed by atoms with Crippen LogP contribution < -0.4 is 0 Å². The Morgan fingerprint density at radius 2 is 1.93 bits per heavy atom. The smallest absolute Gasteiger partial charge is 0.330 e. The molecule has 0 N–H and O–H groups in total. The Kier molecular flexibility index (Phi) is 4.24. The lowest BCUT2D eigenvalue weighted by Crippen LogP contribution is -1.99. The molecule has 0 aliphatic carbocycles. The van der Waals surface area contributed by atoms with E-state index in [1.807, 2.05) is 6.07 Å². The maximum absolute atomic E-state index is 11.6. The second-order valence-corrected chi connectivity index (χ2v) is 3.55. The Morgan fingerprint density at radius 1 is 1.27 bits per heavy atom. The Labute approximate surface area is 95.9 Å². The van der Waals surface area contributed by atoms with Crippen molar-refractivity contribution < 1.29 is 14.3 Å². The highest BCUT2D eigenvalue weighted by Gasteiger charge is 2.05. The summed E-state index contributed by atoms with van der Waals surface area (Å²) in [4.78, 5) is 22.3. The van der Waals surface area contributed by atoms with Gasteiger partial charge in [0, 0.05) is 16.1 Å². The lowest BCUT2D eigenvalue weighted by atomic mass is 10.1. The van der Waals surface area contributed by atoms with Crippen LogP contribution in [-0.2, 0) is 9.53 Å². The Bertz CT molecular complexity index is 410. The van der Waals surface area contributed by atoms with Gasteiger partial charge in [-0.1, -0.05) is 28.1 Å². The van der Waals surface area contributed by atoms with Gasteiger partial charge in [0.05, 0.1) is 7.11 Å². The van der Waals surface area contributed by atoms with Gasteiger partial charge in [-0.15, -0.1) is 0 Å². The van der Waals surface area contributed by atoms with Crippen LogP contribution in [-0.4, -0.2) is 18.9 Å². The number of hydrogen-bond acceptors (Lipinski definition) is 3. The van der Waals surface area contributed by atoms with Crippen molar-refractivity contribution in [2.45, 2.75) is 0 Å². The molecule has 0 unspecified atom stereocenters. The van der Waals surface area contributed by atoms with Gasteiger partial charge in [0.2, 0.25) is 0 Å². The van der Waals surface area contributed by atoms with Crippen LogP contribution in [0, 0.1) is 0 Å². The fraction of sp³-hybridized carbons (Fsp3) is 0.0909. The van der Waals surface area contributed by atoms with E-state index in [1.54, 1.807) is 18.2 Å². The third-order valence-electron chi connectivity index (χ3n) is 1.71. The molecule has 3 nitrogen and oxygen atoms in total. The monoisotopic (exact) mass is 268 g/mol. The predicted octanol–water partition coefficient (Wildman–Crippen LogP) is 2.36. The van der Waals surface area contributed by atoms with Crippen molar-refractivity contribution in [1.82, 2.24) is 0 Å². The number of esters is 1. The highest BCUT2D eigenvalue weighted by Crippen LogP contribution is 2.16. The predicted molar refractivity (Wildman–Crippen MR) is 59.6 cm³/mol. The lowest BCUT2D eigenvalue weighted by Gasteiger charge is -1.98. The average Bonchev–Trinajstić information content (AvgIpc) is 2.26. The molecule has 0 radical (unpaired) electrons. The Balaban J connectivity index is 2.83. The van der Waals surface area contributed by atoms with Gasteiger partial charge in [-0.25, -0.2) is 4.79 Å². The van der Waals surface area contributed by atoms with Gasteiger partial charge in [0.15, 0.2) is 5.78 Å². The molecular weight excluding hydrogens is 260 g/mol. The van der Waals surface area contributed by atoms with Crippen molar-refractivity contribution in [1.29, 1.82) is 0 Å². The summed E-state index contributed by atoms with van der Waals surface area (Å²) in [6.07, 6.45) is 2.29. The third-order valence-corrected chi connectivity index (χ3v) is 2.40. The van der Waals surface area contributed by atoms with Crippen LogP contribution in [0.2, 0.25) is 0 Å². The molecule has 0 amide bonds. The molecule has 0 aromatic heterocycles. The topological polar surface area (TPSA) is 43.4 Å². The number of halogens is 1. The van der Waals surface area contributed by atoms with Crippen LogP contribution in [0.3, 0.4) is 0 Å². The molecule has 0 heterocycles. The lowest BCUT2D eigenvalue weighted by molar-refractivity contribution is -0.134. The van der Waals surface area contributed by atoms with Crippen LogP contribution in [0.4, 0.5) is 0 Å². The van der Waals surface area contributed by atoms with E-state index in [-0.39, 0.29) is 5.78 Å². The molecular formula is C11H9BrO3. The number of ether oxygens (including phenoxy) is 1. The number of hydrogen-bond donors (Lipinski definition) is 0. The van der Waals surface area contributed by atoms with E-state index >= 15 is 0 Å². The summed E-state index contributed by atoms with van der Waals surface area (Å²) in [6, 6.07) is 7.00. The molecule has 15 heavy (non-hydrogen) atoms. The first-order valence-corrected chi connectivity index (χ1v) is 4.99. The molecule has 0 aliphatic rings. The van der Waals surface area contributed by atoms with E-state index in [0.717, 1.165) is 6.08 Å². The first-order valence-electron chi connectivity index (χ1n) is 4.20. The zero-order valence-electron chi connectivity index (χ0n) is 8.07. The number of carbonyl (C=O) groups is 2. The maximum Gasteiger partial charge on any atom is 0.330 e. The zero-order valence-corrected chi connectivity index (χ0v) is 9.65. The highest BCUT2D eigenvalue weighted by atomic mass is 79.9. The van der Waals surface area contributed by atoms with Gasteiger partial charge >= 0.3 is 5.97 Å². The minimum atomic E-state index is -0.546. The summed E-state index contributed by atoms with van der Waals surface area (Å²) in [6.45, 7) is 0. The molecule has 0 spiro atoms. The summed E-state index contributed by atoms with van der Waals surface area (Å²) in [5.74, 6) is -0.789. The number of carbonyl (C=O) groups excluding carboxylic acids is 2. The SMILES string of the molecule is COC(=O)/C=C\C(=O)c1ccccc1Br. The summed E-state index contributed by atoms with van der Waals surface area (Å²) in [5, 5.41) is 0. The number of allylic oxidation sites excluding steroid dienone is 1. The molecule has 1 aromatic rings. The van der Waals surface area contributed by atoms with Crippen LogP contribution in [0.1, 0.15) is 10.4 Å². The minimum absolute atomic E-state index is 0.243. The summed E-state index contributed by atoms with van der Waals surface area (Å²) in [5.41, 5.74) is 0.512. The van der Waals surface area contributed by atoms with Crippen LogP contribution in [0.15, 0.2) is 40.9 Å². The van der Waals surface area contributed by atoms with Crippen molar-refractivity contribution in [3.05, 3.63) is 46.5 Å². The minimum Gasteiger partial charge on any atom is -0.466 e. The van der Waals surface area contributed by atoms with E-state index < -0.39 is 5.97 Å². The normalized spacial score (nSPS) is 10.3. The van der Waals surface area contributed by atoms with E-state index in [4.69, 9.17) is 0 Å².